The van der Waals surface area contributed by atoms with Gasteiger partial charge in [0.25, 0.3) is 0 Å². The van der Waals surface area contributed by atoms with Crippen LogP contribution in [0.5, 0.6) is 0 Å². The quantitative estimate of drug-likeness (QED) is 0.740. The SMILES string of the molecule is Cc1cccc(CC(=O)NCC2CCC(c3nn(C)c4nccnc34)CC2)c1. The van der Waals surface area contributed by atoms with Crippen molar-refractivity contribution >= 4 is 17.1 Å². The van der Waals surface area contributed by atoms with Crippen molar-refractivity contribution in [2.24, 2.45) is 13.0 Å². The van der Waals surface area contributed by atoms with E-state index in [-0.39, 0.29) is 5.91 Å². The molecule has 1 fully saturated rings. The molecule has 1 saturated carbocycles. The Hall–Kier alpha value is -2.76. The molecule has 6 nitrogen and oxygen atoms in total. The number of benzene rings is 1. The Morgan fingerprint density at radius 2 is 1.96 bits per heavy atom. The first-order valence-electron chi connectivity index (χ1n) is 10.1. The maximum atomic E-state index is 12.3. The molecule has 0 saturated heterocycles. The van der Waals surface area contributed by atoms with E-state index in [1.54, 1.807) is 12.4 Å². The van der Waals surface area contributed by atoms with Gasteiger partial charge in [0.2, 0.25) is 5.91 Å². The highest BCUT2D eigenvalue weighted by Crippen LogP contribution is 2.36. The van der Waals surface area contributed by atoms with Crippen molar-refractivity contribution in [1.82, 2.24) is 25.1 Å². The average molecular weight is 377 g/mol. The summed E-state index contributed by atoms with van der Waals surface area (Å²) >= 11 is 0. The number of fused-ring (bicyclic) bond motifs is 1. The molecule has 1 aromatic carbocycles. The maximum Gasteiger partial charge on any atom is 0.224 e. The zero-order valence-electron chi connectivity index (χ0n) is 16.6. The highest BCUT2D eigenvalue weighted by Gasteiger charge is 2.27. The van der Waals surface area contributed by atoms with Crippen LogP contribution in [0.3, 0.4) is 0 Å². The minimum Gasteiger partial charge on any atom is -0.356 e. The largest absolute Gasteiger partial charge is 0.356 e. The van der Waals surface area contributed by atoms with Crippen molar-refractivity contribution in [2.45, 2.75) is 44.9 Å². The number of nitrogens with one attached hydrogen (secondary N) is 1. The van der Waals surface area contributed by atoms with Gasteiger partial charge in [0.1, 0.15) is 5.52 Å². The van der Waals surface area contributed by atoms with Crippen molar-refractivity contribution < 1.29 is 4.79 Å². The predicted molar refractivity (Wildman–Crippen MR) is 109 cm³/mol. The zero-order valence-corrected chi connectivity index (χ0v) is 16.6. The van der Waals surface area contributed by atoms with Gasteiger partial charge < -0.3 is 5.32 Å². The summed E-state index contributed by atoms with van der Waals surface area (Å²) in [6.07, 6.45) is 8.28. The fourth-order valence-corrected chi connectivity index (χ4v) is 4.25. The van der Waals surface area contributed by atoms with E-state index in [1.807, 2.05) is 23.9 Å². The lowest BCUT2D eigenvalue weighted by molar-refractivity contribution is -0.120. The normalized spacial score (nSPS) is 19.6. The molecule has 0 bridgehead atoms. The van der Waals surface area contributed by atoms with Crippen molar-refractivity contribution in [3.05, 3.63) is 53.5 Å². The summed E-state index contributed by atoms with van der Waals surface area (Å²) in [6.45, 7) is 2.82. The Morgan fingerprint density at radius 3 is 2.75 bits per heavy atom. The monoisotopic (exact) mass is 377 g/mol. The third kappa shape index (κ3) is 4.06. The van der Waals surface area contributed by atoms with Crippen LogP contribution in [0, 0.1) is 12.8 Å². The lowest BCUT2D eigenvalue weighted by Crippen LogP contribution is -2.32. The standard InChI is InChI=1S/C22H27N5O/c1-15-4-3-5-17(12-15)13-19(28)25-14-16-6-8-18(9-7-16)20-21-22(27(2)26-20)24-11-10-23-21/h3-5,10-12,16,18H,6-9,13-14H2,1-2H3,(H,25,28). The van der Waals surface area contributed by atoms with Crippen LogP contribution < -0.4 is 5.32 Å². The van der Waals surface area contributed by atoms with E-state index in [2.05, 4.69) is 39.4 Å². The Bertz CT molecular complexity index is 972. The van der Waals surface area contributed by atoms with Crippen LogP contribution >= 0.6 is 0 Å². The molecule has 0 spiro atoms. The lowest BCUT2D eigenvalue weighted by Gasteiger charge is -2.27. The van der Waals surface area contributed by atoms with Crippen LogP contribution in [0.2, 0.25) is 0 Å². The van der Waals surface area contributed by atoms with Gasteiger partial charge in [-0.15, -0.1) is 0 Å². The summed E-state index contributed by atoms with van der Waals surface area (Å²) < 4.78 is 1.83. The molecule has 0 aliphatic heterocycles. The fourth-order valence-electron chi connectivity index (χ4n) is 4.25. The van der Waals surface area contributed by atoms with E-state index in [1.165, 1.54) is 5.56 Å². The number of rotatable bonds is 5. The van der Waals surface area contributed by atoms with Gasteiger partial charge in [-0.25, -0.2) is 14.6 Å². The first-order valence-corrected chi connectivity index (χ1v) is 10.1. The summed E-state index contributed by atoms with van der Waals surface area (Å²) in [5, 5.41) is 7.82. The number of aryl methyl sites for hydroxylation is 2. The molecule has 6 heteroatoms. The maximum absolute atomic E-state index is 12.3. The van der Waals surface area contributed by atoms with Gasteiger partial charge in [-0.1, -0.05) is 29.8 Å². The van der Waals surface area contributed by atoms with Gasteiger partial charge in [-0.2, -0.15) is 5.10 Å². The molecule has 146 valence electrons. The topological polar surface area (TPSA) is 72.7 Å². The fraction of sp³-hybridized carbons (Fsp3) is 0.455. The second-order valence-electron chi connectivity index (χ2n) is 7.92. The number of nitrogens with zero attached hydrogens (tertiary/aromatic N) is 4. The molecule has 1 amide bonds. The van der Waals surface area contributed by atoms with Gasteiger partial charge in [-0.05, 0) is 44.1 Å². The third-order valence-corrected chi connectivity index (χ3v) is 5.75. The smallest absolute Gasteiger partial charge is 0.224 e. The Balaban J connectivity index is 1.29. The number of amides is 1. The first-order chi connectivity index (χ1) is 13.6. The van der Waals surface area contributed by atoms with Gasteiger partial charge >= 0.3 is 0 Å². The van der Waals surface area contributed by atoms with E-state index in [4.69, 9.17) is 0 Å². The van der Waals surface area contributed by atoms with Crippen LogP contribution in [-0.4, -0.2) is 32.2 Å². The number of carbonyl (C=O) groups excluding carboxylic acids is 1. The number of hydrogen-bond acceptors (Lipinski definition) is 4. The highest BCUT2D eigenvalue weighted by molar-refractivity contribution is 5.78. The van der Waals surface area contributed by atoms with E-state index in [0.29, 0.717) is 18.3 Å². The van der Waals surface area contributed by atoms with Crippen LogP contribution in [0.15, 0.2) is 36.7 Å². The second kappa shape index (κ2) is 8.09. The lowest BCUT2D eigenvalue weighted by atomic mass is 9.80. The van der Waals surface area contributed by atoms with E-state index >= 15 is 0 Å². The molecule has 2 aromatic heterocycles. The molecule has 1 N–H and O–H groups in total. The van der Waals surface area contributed by atoms with Gasteiger partial charge in [0, 0.05) is 31.9 Å². The molecule has 2 heterocycles. The third-order valence-electron chi connectivity index (χ3n) is 5.75. The Labute approximate surface area is 165 Å². The summed E-state index contributed by atoms with van der Waals surface area (Å²) in [6, 6.07) is 8.14. The molecule has 1 aliphatic carbocycles. The minimum absolute atomic E-state index is 0.110. The van der Waals surface area contributed by atoms with Crippen LogP contribution in [0.4, 0.5) is 0 Å². The number of carbonyl (C=O) groups is 1. The van der Waals surface area contributed by atoms with E-state index in [0.717, 1.165) is 54.6 Å². The summed E-state index contributed by atoms with van der Waals surface area (Å²) in [5.41, 5.74) is 5.12. The Morgan fingerprint density at radius 1 is 1.18 bits per heavy atom. The first kappa shape index (κ1) is 18.6. The number of aromatic nitrogens is 4. The molecule has 28 heavy (non-hydrogen) atoms. The summed E-state index contributed by atoms with van der Waals surface area (Å²) in [7, 11) is 1.93. The van der Waals surface area contributed by atoms with Crippen LogP contribution in [0.25, 0.3) is 11.2 Å². The predicted octanol–water partition coefficient (Wildman–Crippen LogP) is 3.30. The zero-order chi connectivity index (χ0) is 19.5. The molecule has 1 aliphatic rings. The summed E-state index contributed by atoms with van der Waals surface area (Å²) in [5.74, 6) is 1.08. The van der Waals surface area contributed by atoms with E-state index < -0.39 is 0 Å². The highest BCUT2D eigenvalue weighted by atomic mass is 16.1. The molecule has 4 rings (SSSR count). The van der Waals surface area contributed by atoms with Crippen molar-refractivity contribution in [3.63, 3.8) is 0 Å². The molecular weight excluding hydrogens is 350 g/mol. The van der Waals surface area contributed by atoms with Crippen LogP contribution in [-0.2, 0) is 18.3 Å². The van der Waals surface area contributed by atoms with Crippen molar-refractivity contribution in [1.29, 1.82) is 0 Å². The van der Waals surface area contributed by atoms with Gasteiger partial charge in [-0.3, -0.25) is 4.79 Å². The van der Waals surface area contributed by atoms with Crippen molar-refractivity contribution in [3.8, 4) is 0 Å². The average Bonchev–Trinajstić information content (AvgIpc) is 3.04. The molecular formula is C22H27N5O. The molecule has 0 radical (unpaired) electrons. The molecule has 0 unspecified atom stereocenters. The summed E-state index contributed by atoms with van der Waals surface area (Å²) in [4.78, 5) is 21.2. The Kier molecular flexibility index (Phi) is 5.37. The van der Waals surface area contributed by atoms with Crippen molar-refractivity contribution in [2.75, 3.05) is 6.54 Å². The number of hydrogen-bond donors (Lipinski definition) is 1. The molecule has 0 atom stereocenters. The van der Waals surface area contributed by atoms with Gasteiger partial charge in [0.15, 0.2) is 5.65 Å². The van der Waals surface area contributed by atoms with Gasteiger partial charge in [0.05, 0.1) is 12.1 Å². The van der Waals surface area contributed by atoms with Crippen LogP contribution in [0.1, 0.15) is 48.4 Å². The minimum atomic E-state index is 0.110. The second-order valence-corrected chi connectivity index (χ2v) is 7.92. The molecule has 3 aromatic rings. The van der Waals surface area contributed by atoms with E-state index in [9.17, 15) is 4.79 Å².